The SMILES string of the molecule is CC(C)(C)OCC(O)CN1CCN(CCNC(=O)c2cc(-c3cccnc3)nc3ccccc23)CC1. The maximum Gasteiger partial charge on any atom is 0.252 e. The summed E-state index contributed by atoms with van der Waals surface area (Å²) in [5, 5.41) is 14.2. The first kappa shape index (κ1) is 26.2. The fourth-order valence-electron chi connectivity index (χ4n) is 4.34. The van der Waals surface area contributed by atoms with E-state index in [-0.39, 0.29) is 11.5 Å². The number of rotatable bonds is 9. The molecule has 3 heterocycles. The Balaban J connectivity index is 1.28. The predicted octanol–water partition coefficient (Wildman–Crippen LogP) is 2.82. The number of ether oxygens (including phenoxy) is 1. The average molecular weight is 492 g/mol. The summed E-state index contributed by atoms with van der Waals surface area (Å²) >= 11 is 0. The summed E-state index contributed by atoms with van der Waals surface area (Å²) in [6.45, 7) is 11.9. The van der Waals surface area contributed by atoms with Gasteiger partial charge in [-0.3, -0.25) is 19.6 Å². The molecule has 4 rings (SSSR count). The van der Waals surface area contributed by atoms with Gasteiger partial charge in [-0.15, -0.1) is 0 Å². The molecule has 3 aromatic rings. The average Bonchev–Trinajstić information content (AvgIpc) is 2.88. The summed E-state index contributed by atoms with van der Waals surface area (Å²) in [5.74, 6) is -0.0978. The van der Waals surface area contributed by atoms with E-state index in [0.29, 0.717) is 25.3 Å². The highest BCUT2D eigenvalue weighted by Crippen LogP contribution is 2.24. The van der Waals surface area contributed by atoms with Crippen LogP contribution in [0.1, 0.15) is 31.1 Å². The largest absolute Gasteiger partial charge is 0.389 e. The van der Waals surface area contributed by atoms with Crippen LogP contribution in [0.25, 0.3) is 22.2 Å². The van der Waals surface area contributed by atoms with Gasteiger partial charge in [0, 0.05) is 69.2 Å². The first-order valence-corrected chi connectivity index (χ1v) is 12.6. The van der Waals surface area contributed by atoms with Crippen LogP contribution in [0, 0.1) is 0 Å². The van der Waals surface area contributed by atoms with Crippen molar-refractivity contribution in [2.75, 3.05) is 52.4 Å². The van der Waals surface area contributed by atoms with E-state index in [1.54, 1.807) is 12.4 Å². The van der Waals surface area contributed by atoms with Crippen molar-refractivity contribution < 1.29 is 14.6 Å². The molecule has 0 saturated carbocycles. The highest BCUT2D eigenvalue weighted by atomic mass is 16.5. The van der Waals surface area contributed by atoms with Crippen molar-refractivity contribution in [3.63, 3.8) is 0 Å². The number of aliphatic hydroxyl groups is 1. The van der Waals surface area contributed by atoms with Gasteiger partial charge < -0.3 is 15.2 Å². The lowest BCUT2D eigenvalue weighted by molar-refractivity contribution is -0.0585. The van der Waals surface area contributed by atoms with Gasteiger partial charge in [0.05, 0.1) is 35.1 Å². The van der Waals surface area contributed by atoms with Crippen molar-refractivity contribution in [3.8, 4) is 11.3 Å². The molecule has 1 aliphatic heterocycles. The van der Waals surface area contributed by atoms with Crippen LogP contribution in [0.15, 0.2) is 54.9 Å². The monoisotopic (exact) mass is 491 g/mol. The third-order valence-corrected chi connectivity index (χ3v) is 6.27. The van der Waals surface area contributed by atoms with E-state index in [0.717, 1.165) is 54.9 Å². The number of benzene rings is 1. The standard InChI is InChI=1S/C28H37N5O3/c1-28(2,3)36-20-22(34)19-33-15-13-32(14-16-33)12-11-30-27(35)24-17-26(21-7-6-10-29-18-21)31-25-9-5-4-8-23(24)25/h4-10,17-18,22,34H,11-16,19-20H2,1-3H3,(H,30,35). The summed E-state index contributed by atoms with van der Waals surface area (Å²) in [6.07, 6.45) is 3.00. The molecule has 8 nitrogen and oxygen atoms in total. The van der Waals surface area contributed by atoms with Crippen molar-refractivity contribution in [2.24, 2.45) is 0 Å². The first-order chi connectivity index (χ1) is 17.3. The molecule has 36 heavy (non-hydrogen) atoms. The second-order valence-electron chi connectivity index (χ2n) is 10.3. The lowest BCUT2D eigenvalue weighted by atomic mass is 10.0. The minimum absolute atomic E-state index is 0.0978. The molecule has 1 amide bonds. The Kier molecular flexibility index (Phi) is 8.64. The third kappa shape index (κ3) is 7.30. The molecule has 1 unspecified atom stereocenters. The lowest BCUT2D eigenvalue weighted by Gasteiger charge is -2.35. The van der Waals surface area contributed by atoms with Gasteiger partial charge in [-0.05, 0) is 45.0 Å². The number of carbonyl (C=O) groups is 1. The van der Waals surface area contributed by atoms with Gasteiger partial charge in [-0.1, -0.05) is 18.2 Å². The number of hydrogen-bond acceptors (Lipinski definition) is 7. The summed E-state index contributed by atoms with van der Waals surface area (Å²) in [5.41, 5.74) is 2.78. The number of pyridine rings is 2. The predicted molar refractivity (Wildman–Crippen MR) is 142 cm³/mol. The number of piperazine rings is 1. The molecule has 1 aromatic carbocycles. The minimum Gasteiger partial charge on any atom is -0.389 e. The molecule has 0 radical (unpaired) electrons. The first-order valence-electron chi connectivity index (χ1n) is 12.6. The maximum atomic E-state index is 13.2. The number of hydrogen-bond donors (Lipinski definition) is 2. The van der Waals surface area contributed by atoms with Crippen molar-refractivity contribution in [1.29, 1.82) is 0 Å². The smallest absolute Gasteiger partial charge is 0.252 e. The van der Waals surface area contributed by atoms with Crippen LogP contribution >= 0.6 is 0 Å². The molecule has 1 aliphatic rings. The second-order valence-corrected chi connectivity index (χ2v) is 10.3. The molecule has 0 spiro atoms. The molecular formula is C28H37N5O3. The molecule has 2 aromatic heterocycles. The zero-order valence-corrected chi connectivity index (χ0v) is 21.5. The van der Waals surface area contributed by atoms with E-state index < -0.39 is 6.10 Å². The van der Waals surface area contributed by atoms with E-state index >= 15 is 0 Å². The molecule has 8 heteroatoms. The van der Waals surface area contributed by atoms with Gasteiger partial charge in [0.25, 0.3) is 5.91 Å². The Morgan fingerprint density at radius 3 is 2.58 bits per heavy atom. The van der Waals surface area contributed by atoms with Gasteiger partial charge in [-0.25, -0.2) is 4.98 Å². The van der Waals surface area contributed by atoms with Gasteiger partial charge in [0.15, 0.2) is 0 Å². The van der Waals surface area contributed by atoms with Crippen molar-refractivity contribution >= 4 is 16.8 Å². The van der Waals surface area contributed by atoms with Crippen LogP contribution in [-0.2, 0) is 4.74 Å². The number of nitrogens with zero attached hydrogens (tertiary/aromatic N) is 4. The van der Waals surface area contributed by atoms with E-state index in [1.807, 2.05) is 63.2 Å². The Labute approximate surface area is 213 Å². The van der Waals surface area contributed by atoms with E-state index in [1.165, 1.54) is 0 Å². The summed E-state index contributed by atoms with van der Waals surface area (Å²) in [7, 11) is 0. The third-order valence-electron chi connectivity index (χ3n) is 6.27. The fourth-order valence-corrected chi connectivity index (χ4v) is 4.34. The molecule has 2 N–H and O–H groups in total. The van der Waals surface area contributed by atoms with Crippen LogP contribution in [-0.4, -0.2) is 94.9 Å². The zero-order valence-electron chi connectivity index (χ0n) is 21.5. The number of β-amino-alcohol motifs (C(OH)–C–C–N with tert-alkyl or cyclic N) is 1. The molecule has 1 atom stereocenters. The van der Waals surface area contributed by atoms with Crippen LogP contribution in [0.3, 0.4) is 0 Å². The number of aromatic nitrogens is 2. The molecule has 0 bridgehead atoms. The highest BCUT2D eigenvalue weighted by Gasteiger charge is 2.21. The van der Waals surface area contributed by atoms with Crippen molar-refractivity contribution in [2.45, 2.75) is 32.5 Å². The van der Waals surface area contributed by atoms with Crippen molar-refractivity contribution in [1.82, 2.24) is 25.1 Å². The maximum absolute atomic E-state index is 13.2. The zero-order chi connectivity index (χ0) is 25.5. The fraction of sp³-hybridized carbons (Fsp3) is 0.464. The van der Waals surface area contributed by atoms with Gasteiger partial charge in [0.1, 0.15) is 0 Å². The lowest BCUT2D eigenvalue weighted by Crippen LogP contribution is -2.50. The van der Waals surface area contributed by atoms with E-state index in [2.05, 4.69) is 20.1 Å². The van der Waals surface area contributed by atoms with Crippen LogP contribution in [0.4, 0.5) is 0 Å². The normalized spacial score (nSPS) is 16.2. The second kappa shape index (κ2) is 11.9. The van der Waals surface area contributed by atoms with E-state index in [9.17, 15) is 9.90 Å². The summed E-state index contributed by atoms with van der Waals surface area (Å²) in [6, 6.07) is 13.4. The summed E-state index contributed by atoms with van der Waals surface area (Å²) < 4.78 is 5.69. The Morgan fingerprint density at radius 1 is 1.11 bits per heavy atom. The van der Waals surface area contributed by atoms with Gasteiger partial charge in [-0.2, -0.15) is 0 Å². The number of para-hydroxylation sites is 1. The van der Waals surface area contributed by atoms with Crippen LogP contribution < -0.4 is 5.32 Å². The number of carbonyl (C=O) groups excluding carboxylic acids is 1. The quantitative estimate of drug-likeness (QED) is 0.476. The Bertz CT molecular complexity index is 1140. The number of nitrogens with one attached hydrogen (secondary N) is 1. The van der Waals surface area contributed by atoms with Gasteiger partial charge >= 0.3 is 0 Å². The molecular weight excluding hydrogens is 454 g/mol. The number of aliphatic hydroxyl groups excluding tert-OH is 1. The highest BCUT2D eigenvalue weighted by molar-refractivity contribution is 6.07. The van der Waals surface area contributed by atoms with E-state index in [4.69, 9.17) is 9.72 Å². The number of amides is 1. The summed E-state index contributed by atoms with van der Waals surface area (Å²) in [4.78, 5) is 26.7. The van der Waals surface area contributed by atoms with Gasteiger partial charge in [0.2, 0.25) is 0 Å². The van der Waals surface area contributed by atoms with Crippen LogP contribution in [0.5, 0.6) is 0 Å². The Hall–Kier alpha value is -2.91. The Morgan fingerprint density at radius 2 is 1.86 bits per heavy atom. The molecule has 1 fully saturated rings. The minimum atomic E-state index is -0.484. The topological polar surface area (TPSA) is 90.8 Å². The molecule has 192 valence electrons. The molecule has 1 saturated heterocycles. The van der Waals surface area contributed by atoms with Crippen LogP contribution in [0.2, 0.25) is 0 Å². The molecule has 0 aliphatic carbocycles. The van der Waals surface area contributed by atoms with Crippen molar-refractivity contribution in [3.05, 3.63) is 60.4 Å². The number of fused-ring (bicyclic) bond motifs is 1.